The van der Waals surface area contributed by atoms with Crippen molar-refractivity contribution in [1.29, 1.82) is 0 Å². The van der Waals surface area contributed by atoms with Crippen LogP contribution in [0.4, 0.5) is 0 Å². The fourth-order valence-electron chi connectivity index (χ4n) is 2.63. The maximum absolute atomic E-state index is 5.62. The minimum atomic E-state index is 0.370. The predicted octanol–water partition coefficient (Wildman–Crippen LogP) is 2.10. The van der Waals surface area contributed by atoms with Gasteiger partial charge in [-0.25, -0.2) is 0 Å². The van der Waals surface area contributed by atoms with E-state index in [1.165, 1.54) is 44.9 Å². The Hall–Kier alpha value is -0.120. The van der Waals surface area contributed by atoms with Crippen LogP contribution >= 0.6 is 0 Å². The Morgan fingerprint density at radius 2 is 1.94 bits per heavy atom. The molecule has 16 heavy (non-hydrogen) atoms. The Morgan fingerprint density at radius 1 is 1.06 bits per heavy atom. The minimum Gasteiger partial charge on any atom is -0.377 e. The van der Waals surface area contributed by atoms with Crippen molar-refractivity contribution < 1.29 is 9.47 Å². The van der Waals surface area contributed by atoms with E-state index in [-0.39, 0.29) is 0 Å². The average Bonchev–Trinajstić information content (AvgIpc) is 2.83. The van der Waals surface area contributed by atoms with Crippen LogP contribution in [0.3, 0.4) is 0 Å². The first-order valence-electron chi connectivity index (χ1n) is 6.88. The Morgan fingerprint density at radius 3 is 2.69 bits per heavy atom. The lowest BCUT2D eigenvalue weighted by Gasteiger charge is -2.22. The van der Waals surface area contributed by atoms with Gasteiger partial charge in [0.2, 0.25) is 0 Å². The van der Waals surface area contributed by atoms with Crippen LogP contribution in [0.2, 0.25) is 0 Å². The Balaban J connectivity index is 1.42. The quantitative estimate of drug-likeness (QED) is 0.705. The first kappa shape index (κ1) is 12.3. The van der Waals surface area contributed by atoms with Crippen molar-refractivity contribution >= 4 is 0 Å². The van der Waals surface area contributed by atoms with Crippen LogP contribution in [0, 0.1) is 0 Å². The molecule has 94 valence electrons. The molecular formula is C13H25NO2. The fourth-order valence-corrected chi connectivity index (χ4v) is 2.63. The third-order valence-corrected chi connectivity index (χ3v) is 3.61. The van der Waals surface area contributed by atoms with E-state index in [9.17, 15) is 0 Å². The Labute approximate surface area is 98.9 Å². The predicted molar refractivity (Wildman–Crippen MR) is 64.7 cm³/mol. The summed E-state index contributed by atoms with van der Waals surface area (Å²) >= 11 is 0. The van der Waals surface area contributed by atoms with E-state index in [2.05, 4.69) is 5.32 Å². The van der Waals surface area contributed by atoms with Crippen LogP contribution in [0.25, 0.3) is 0 Å². The average molecular weight is 227 g/mol. The summed E-state index contributed by atoms with van der Waals surface area (Å²) in [4.78, 5) is 0. The molecule has 0 aromatic rings. The molecular weight excluding hydrogens is 202 g/mol. The van der Waals surface area contributed by atoms with Crippen molar-refractivity contribution in [1.82, 2.24) is 5.32 Å². The first-order valence-corrected chi connectivity index (χ1v) is 6.88. The molecule has 1 unspecified atom stereocenters. The normalized spacial score (nSPS) is 27.4. The minimum absolute atomic E-state index is 0.370. The third kappa shape index (κ3) is 4.40. The molecule has 2 rings (SSSR count). The molecule has 0 bridgehead atoms. The van der Waals surface area contributed by atoms with Crippen LogP contribution in [-0.4, -0.2) is 38.5 Å². The Kier molecular flexibility index (Phi) is 5.59. The molecule has 1 aliphatic heterocycles. The standard InChI is InChI=1S/C13H25NO2/c1-2-5-12(6-3-1)14-8-10-15-11-13-7-4-9-16-13/h12-14H,1-11H2. The summed E-state index contributed by atoms with van der Waals surface area (Å²) in [7, 11) is 0. The van der Waals surface area contributed by atoms with Crippen LogP contribution in [0.15, 0.2) is 0 Å². The molecule has 0 spiro atoms. The molecule has 0 amide bonds. The summed E-state index contributed by atoms with van der Waals surface area (Å²) in [5, 5.41) is 3.58. The van der Waals surface area contributed by atoms with Crippen LogP contribution < -0.4 is 5.32 Å². The summed E-state index contributed by atoms with van der Waals surface area (Å²) in [6.07, 6.45) is 9.67. The third-order valence-electron chi connectivity index (χ3n) is 3.61. The lowest BCUT2D eigenvalue weighted by atomic mass is 9.96. The number of hydrogen-bond acceptors (Lipinski definition) is 3. The largest absolute Gasteiger partial charge is 0.377 e. The van der Waals surface area contributed by atoms with E-state index in [1.807, 2.05) is 0 Å². The van der Waals surface area contributed by atoms with Crippen molar-refractivity contribution in [2.24, 2.45) is 0 Å². The first-order chi connectivity index (χ1) is 7.95. The highest BCUT2D eigenvalue weighted by Gasteiger charge is 2.15. The van der Waals surface area contributed by atoms with Gasteiger partial charge in [-0.2, -0.15) is 0 Å². The summed E-state index contributed by atoms with van der Waals surface area (Å²) < 4.78 is 11.1. The van der Waals surface area contributed by atoms with Gasteiger partial charge >= 0.3 is 0 Å². The Bertz CT molecular complexity index is 175. The van der Waals surface area contributed by atoms with Crippen LogP contribution in [0.1, 0.15) is 44.9 Å². The summed E-state index contributed by atoms with van der Waals surface area (Å²) in [6, 6.07) is 0.750. The van der Waals surface area contributed by atoms with Gasteiger partial charge in [-0.1, -0.05) is 19.3 Å². The van der Waals surface area contributed by atoms with Crippen molar-refractivity contribution in [3.8, 4) is 0 Å². The van der Waals surface area contributed by atoms with Gasteiger partial charge in [0, 0.05) is 19.2 Å². The van der Waals surface area contributed by atoms with Crippen molar-refractivity contribution in [3.05, 3.63) is 0 Å². The highest BCUT2D eigenvalue weighted by molar-refractivity contribution is 4.71. The van der Waals surface area contributed by atoms with E-state index in [4.69, 9.17) is 9.47 Å². The number of nitrogens with one attached hydrogen (secondary N) is 1. The summed E-state index contributed by atoms with van der Waals surface area (Å²) in [5.74, 6) is 0. The van der Waals surface area contributed by atoms with Gasteiger partial charge in [-0.3, -0.25) is 0 Å². The molecule has 2 fully saturated rings. The van der Waals surface area contributed by atoms with Crippen LogP contribution in [0.5, 0.6) is 0 Å². The highest BCUT2D eigenvalue weighted by atomic mass is 16.5. The zero-order valence-corrected chi connectivity index (χ0v) is 10.2. The summed E-state index contributed by atoms with van der Waals surface area (Å²) in [6.45, 7) is 3.54. The molecule has 1 atom stereocenters. The number of ether oxygens (including phenoxy) is 2. The van der Waals surface area contributed by atoms with Gasteiger partial charge in [0.15, 0.2) is 0 Å². The van der Waals surface area contributed by atoms with Gasteiger partial charge in [0.1, 0.15) is 0 Å². The molecule has 0 radical (unpaired) electrons. The van der Waals surface area contributed by atoms with E-state index < -0.39 is 0 Å². The molecule has 1 saturated heterocycles. The molecule has 1 N–H and O–H groups in total. The number of rotatable bonds is 6. The maximum Gasteiger partial charge on any atom is 0.0809 e. The summed E-state index contributed by atoms with van der Waals surface area (Å²) in [5.41, 5.74) is 0. The van der Waals surface area contributed by atoms with Gasteiger partial charge in [0.25, 0.3) is 0 Å². The van der Waals surface area contributed by atoms with E-state index in [0.29, 0.717) is 6.10 Å². The van der Waals surface area contributed by atoms with E-state index in [0.717, 1.165) is 32.4 Å². The molecule has 3 nitrogen and oxygen atoms in total. The second-order valence-electron chi connectivity index (χ2n) is 5.00. The number of hydrogen-bond donors (Lipinski definition) is 1. The molecule has 2 aliphatic rings. The molecule has 3 heteroatoms. The topological polar surface area (TPSA) is 30.5 Å². The zero-order valence-electron chi connectivity index (χ0n) is 10.2. The molecule has 1 saturated carbocycles. The maximum atomic E-state index is 5.62. The van der Waals surface area contributed by atoms with E-state index >= 15 is 0 Å². The van der Waals surface area contributed by atoms with Crippen molar-refractivity contribution in [2.45, 2.75) is 57.1 Å². The van der Waals surface area contributed by atoms with Gasteiger partial charge in [0.05, 0.1) is 19.3 Å². The lowest BCUT2D eigenvalue weighted by molar-refractivity contribution is 0.0176. The van der Waals surface area contributed by atoms with Crippen LogP contribution in [-0.2, 0) is 9.47 Å². The molecule has 0 aromatic heterocycles. The van der Waals surface area contributed by atoms with Crippen molar-refractivity contribution in [2.75, 3.05) is 26.4 Å². The highest BCUT2D eigenvalue weighted by Crippen LogP contribution is 2.17. The second-order valence-corrected chi connectivity index (χ2v) is 5.00. The fraction of sp³-hybridized carbons (Fsp3) is 1.00. The molecule has 1 heterocycles. The monoisotopic (exact) mass is 227 g/mol. The lowest BCUT2D eigenvalue weighted by Crippen LogP contribution is -2.34. The van der Waals surface area contributed by atoms with Gasteiger partial charge in [-0.15, -0.1) is 0 Å². The van der Waals surface area contributed by atoms with Gasteiger partial charge < -0.3 is 14.8 Å². The molecule has 0 aromatic carbocycles. The molecule has 1 aliphatic carbocycles. The zero-order chi connectivity index (χ0) is 11.1. The van der Waals surface area contributed by atoms with Gasteiger partial charge in [-0.05, 0) is 25.7 Å². The SMILES string of the molecule is C1CCC(NCCOCC2CCCO2)CC1. The smallest absolute Gasteiger partial charge is 0.0809 e. The van der Waals surface area contributed by atoms with Crippen molar-refractivity contribution in [3.63, 3.8) is 0 Å². The van der Waals surface area contributed by atoms with E-state index in [1.54, 1.807) is 0 Å². The second kappa shape index (κ2) is 7.25.